The number of rotatable bonds is 7. The monoisotopic (exact) mass is 279 g/mol. The van der Waals surface area contributed by atoms with E-state index in [9.17, 15) is 9.18 Å². The summed E-state index contributed by atoms with van der Waals surface area (Å²) < 4.78 is 12.9. The second-order valence-electron chi connectivity index (χ2n) is 5.77. The van der Waals surface area contributed by atoms with Crippen LogP contribution in [-0.4, -0.2) is 24.2 Å². The van der Waals surface area contributed by atoms with Gasteiger partial charge >= 0.3 is 0 Å². The molecule has 110 valence electrons. The van der Waals surface area contributed by atoms with Gasteiger partial charge in [0, 0.05) is 13.2 Å². The predicted octanol–water partition coefficient (Wildman–Crippen LogP) is 2.38. The van der Waals surface area contributed by atoms with Crippen molar-refractivity contribution >= 4 is 5.91 Å². The van der Waals surface area contributed by atoms with Gasteiger partial charge in [0.1, 0.15) is 5.82 Å². The molecule has 2 N–H and O–H groups in total. The molecule has 1 aliphatic rings. The zero-order valence-electron chi connectivity index (χ0n) is 11.9. The predicted molar refractivity (Wildman–Crippen MR) is 75.8 cm³/mol. The molecule has 1 unspecified atom stereocenters. The SMILES string of the molecule is CC(CO)CCCNC(=O)C1(c2ccc(F)cc2)CC1. The van der Waals surface area contributed by atoms with Crippen LogP contribution in [0, 0.1) is 11.7 Å². The molecule has 1 aromatic carbocycles. The van der Waals surface area contributed by atoms with Crippen molar-refractivity contribution in [1.82, 2.24) is 5.32 Å². The van der Waals surface area contributed by atoms with Crippen LogP contribution in [0.25, 0.3) is 0 Å². The second kappa shape index (κ2) is 6.35. The van der Waals surface area contributed by atoms with Crippen molar-refractivity contribution in [3.8, 4) is 0 Å². The fraction of sp³-hybridized carbons (Fsp3) is 0.562. The number of aliphatic hydroxyl groups excluding tert-OH is 1. The summed E-state index contributed by atoms with van der Waals surface area (Å²) in [6.07, 6.45) is 3.43. The van der Waals surface area contributed by atoms with E-state index in [1.54, 1.807) is 12.1 Å². The lowest BCUT2D eigenvalue weighted by Crippen LogP contribution is -2.35. The minimum absolute atomic E-state index is 0.0424. The lowest BCUT2D eigenvalue weighted by molar-refractivity contribution is -0.123. The van der Waals surface area contributed by atoms with E-state index >= 15 is 0 Å². The highest BCUT2D eigenvalue weighted by Crippen LogP contribution is 2.48. The van der Waals surface area contributed by atoms with Gasteiger partial charge in [-0.15, -0.1) is 0 Å². The quantitative estimate of drug-likeness (QED) is 0.753. The van der Waals surface area contributed by atoms with Gasteiger partial charge in [0.2, 0.25) is 5.91 Å². The molecule has 1 aliphatic carbocycles. The van der Waals surface area contributed by atoms with Gasteiger partial charge < -0.3 is 10.4 Å². The molecular formula is C16H22FNO2. The highest BCUT2D eigenvalue weighted by Gasteiger charge is 2.50. The summed E-state index contributed by atoms with van der Waals surface area (Å²) in [7, 11) is 0. The Hall–Kier alpha value is -1.42. The number of aliphatic hydroxyl groups is 1. The van der Waals surface area contributed by atoms with Gasteiger partial charge in [-0.2, -0.15) is 0 Å². The Bertz CT molecular complexity index is 454. The Morgan fingerprint density at radius 3 is 2.60 bits per heavy atom. The highest BCUT2D eigenvalue weighted by atomic mass is 19.1. The van der Waals surface area contributed by atoms with E-state index in [1.807, 2.05) is 6.92 Å². The Morgan fingerprint density at radius 1 is 1.40 bits per heavy atom. The van der Waals surface area contributed by atoms with Crippen molar-refractivity contribution in [2.45, 2.75) is 38.0 Å². The maximum absolute atomic E-state index is 12.9. The van der Waals surface area contributed by atoms with E-state index in [-0.39, 0.29) is 24.2 Å². The van der Waals surface area contributed by atoms with Crippen molar-refractivity contribution in [2.24, 2.45) is 5.92 Å². The molecule has 20 heavy (non-hydrogen) atoms. The van der Waals surface area contributed by atoms with Gasteiger partial charge in [-0.3, -0.25) is 4.79 Å². The second-order valence-corrected chi connectivity index (χ2v) is 5.77. The third-order valence-electron chi connectivity index (χ3n) is 4.05. The maximum Gasteiger partial charge on any atom is 0.230 e. The summed E-state index contributed by atoms with van der Waals surface area (Å²) in [6.45, 7) is 2.81. The third kappa shape index (κ3) is 3.37. The van der Waals surface area contributed by atoms with Crippen LogP contribution in [-0.2, 0) is 10.2 Å². The number of carbonyl (C=O) groups excluding carboxylic acids is 1. The van der Waals surface area contributed by atoms with Crippen molar-refractivity contribution in [1.29, 1.82) is 0 Å². The Kier molecular flexibility index (Phi) is 4.76. The molecule has 1 fully saturated rings. The summed E-state index contributed by atoms with van der Waals surface area (Å²) in [6, 6.07) is 6.22. The van der Waals surface area contributed by atoms with Gasteiger partial charge in [0.15, 0.2) is 0 Å². The minimum atomic E-state index is -0.434. The molecular weight excluding hydrogens is 257 g/mol. The Morgan fingerprint density at radius 2 is 2.05 bits per heavy atom. The first-order chi connectivity index (χ1) is 9.58. The van der Waals surface area contributed by atoms with Gasteiger partial charge in [-0.1, -0.05) is 19.1 Å². The number of carbonyl (C=O) groups is 1. The first kappa shape index (κ1) is 15.0. The number of benzene rings is 1. The standard InChI is InChI=1S/C16H22FNO2/c1-12(11-19)3-2-10-18-15(20)16(8-9-16)13-4-6-14(17)7-5-13/h4-7,12,19H,2-3,8-11H2,1H3,(H,18,20). The molecule has 1 saturated carbocycles. The zero-order valence-corrected chi connectivity index (χ0v) is 11.9. The number of hydrogen-bond donors (Lipinski definition) is 2. The topological polar surface area (TPSA) is 49.3 Å². The minimum Gasteiger partial charge on any atom is -0.396 e. The molecule has 0 aromatic heterocycles. The molecule has 0 bridgehead atoms. The largest absolute Gasteiger partial charge is 0.396 e. The Labute approximate surface area is 119 Å². The van der Waals surface area contributed by atoms with Crippen molar-refractivity contribution in [3.63, 3.8) is 0 Å². The molecule has 0 radical (unpaired) electrons. The molecule has 1 atom stereocenters. The fourth-order valence-corrected chi connectivity index (χ4v) is 2.45. The van der Waals surface area contributed by atoms with Crippen LogP contribution < -0.4 is 5.32 Å². The van der Waals surface area contributed by atoms with Crippen LogP contribution >= 0.6 is 0 Å². The molecule has 1 amide bonds. The first-order valence-corrected chi connectivity index (χ1v) is 7.24. The van der Waals surface area contributed by atoms with Crippen LogP contribution in [0.4, 0.5) is 4.39 Å². The van der Waals surface area contributed by atoms with Crippen molar-refractivity contribution < 1.29 is 14.3 Å². The van der Waals surface area contributed by atoms with Crippen LogP contribution in [0.1, 0.15) is 38.2 Å². The molecule has 1 aromatic rings. The Balaban J connectivity index is 1.84. The number of hydrogen-bond acceptors (Lipinski definition) is 2. The number of nitrogens with one attached hydrogen (secondary N) is 1. The van der Waals surface area contributed by atoms with E-state index < -0.39 is 5.41 Å². The smallest absolute Gasteiger partial charge is 0.230 e. The van der Waals surface area contributed by atoms with Gasteiger partial charge in [-0.25, -0.2) is 4.39 Å². The van der Waals surface area contributed by atoms with Gasteiger partial charge in [0.05, 0.1) is 5.41 Å². The van der Waals surface area contributed by atoms with Crippen molar-refractivity contribution in [2.75, 3.05) is 13.2 Å². The molecule has 0 spiro atoms. The lowest BCUT2D eigenvalue weighted by Gasteiger charge is -2.16. The van der Waals surface area contributed by atoms with Crippen molar-refractivity contribution in [3.05, 3.63) is 35.6 Å². The molecule has 3 nitrogen and oxygen atoms in total. The van der Waals surface area contributed by atoms with E-state index in [0.29, 0.717) is 6.54 Å². The van der Waals surface area contributed by atoms with Crippen LogP contribution in [0.5, 0.6) is 0 Å². The van der Waals surface area contributed by atoms with Crippen LogP contribution in [0.3, 0.4) is 0 Å². The fourth-order valence-electron chi connectivity index (χ4n) is 2.45. The van der Waals surface area contributed by atoms with E-state index in [1.165, 1.54) is 12.1 Å². The molecule has 2 rings (SSSR count). The number of amides is 1. The third-order valence-corrected chi connectivity index (χ3v) is 4.05. The van der Waals surface area contributed by atoms with Crippen LogP contribution in [0.15, 0.2) is 24.3 Å². The van der Waals surface area contributed by atoms with Gasteiger partial charge in [-0.05, 0) is 49.3 Å². The lowest BCUT2D eigenvalue weighted by atomic mass is 9.95. The summed E-state index contributed by atoms with van der Waals surface area (Å²) >= 11 is 0. The summed E-state index contributed by atoms with van der Waals surface area (Å²) in [5.41, 5.74) is 0.469. The van der Waals surface area contributed by atoms with E-state index in [4.69, 9.17) is 5.11 Å². The maximum atomic E-state index is 12.9. The molecule has 0 heterocycles. The average Bonchev–Trinajstić information content (AvgIpc) is 3.25. The highest BCUT2D eigenvalue weighted by molar-refractivity contribution is 5.91. The zero-order chi connectivity index (χ0) is 14.6. The summed E-state index contributed by atoms with van der Waals surface area (Å²) in [5.74, 6) is 0.0441. The summed E-state index contributed by atoms with van der Waals surface area (Å²) in [4.78, 5) is 12.3. The summed E-state index contributed by atoms with van der Waals surface area (Å²) in [5, 5.41) is 11.9. The molecule has 0 aliphatic heterocycles. The van der Waals surface area contributed by atoms with Gasteiger partial charge in [0.25, 0.3) is 0 Å². The van der Waals surface area contributed by atoms with Crippen LogP contribution in [0.2, 0.25) is 0 Å². The van der Waals surface area contributed by atoms with E-state index in [2.05, 4.69) is 5.32 Å². The average molecular weight is 279 g/mol. The van der Waals surface area contributed by atoms with E-state index in [0.717, 1.165) is 31.2 Å². The normalized spacial score (nSPS) is 17.6. The molecule has 4 heteroatoms. The first-order valence-electron chi connectivity index (χ1n) is 7.24. The number of halogens is 1. The molecule has 0 saturated heterocycles.